The first-order valence-electron chi connectivity index (χ1n) is 8.10. The van der Waals surface area contributed by atoms with Crippen molar-refractivity contribution in [1.29, 1.82) is 0 Å². The van der Waals surface area contributed by atoms with Gasteiger partial charge in [0.1, 0.15) is 16.9 Å². The van der Waals surface area contributed by atoms with Crippen LogP contribution in [0.3, 0.4) is 0 Å². The summed E-state index contributed by atoms with van der Waals surface area (Å²) in [4.78, 5) is 22.8. The number of carbonyl (C=O) groups excluding carboxylic acids is 1. The molecule has 8 heteroatoms. The van der Waals surface area contributed by atoms with Crippen LogP contribution in [0.2, 0.25) is 0 Å². The van der Waals surface area contributed by atoms with Gasteiger partial charge in [0.05, 0.1) is 12.4 Å². The molecule has 2 aromatic heterocycles. The quantitative estimate of drug-likeness (QED) is 0.776. The molecule has 1 fully saturated rings. The number of hydrogen-bond donors (Lipinski definition) is 0. The number of ether oxygens (including phenoxy) is 1. The van der Waals surface area contributed by atoms with Gasteiger partial charge in [0.2, 0.25) is 5.16 Å². The van der Waals surface area contributed by atoms with Crippen LogP contribution in [0.15, 0.2) is 17.6 Å². The van der Waals surface area contributed by atoms with Gasteiger partial charge in [-0.3, -0.25) is 0 Å². The molecule has 0 saturated carbocycles. The minimum Gasteiger partial charge on any atom is -0.444 e. The lowest BCUT2D eigenvalue weighted by Crippen LogP contribution is -2.41. The molecule has 0 radical (unpaired) electrons. The monoisotopic (exact) mass is 349 g/mol. The summed E-state index contributed by atoms with van der Waals surface area (Å²) in [5, 5.41) is 5.26. The molecule has 0 spiro atoms. The summed E-state index contributed by atoms with van der Waals surface area (Å²) in [5.41, 5.74) is 0.440. The van der Waals surface area contributed by atoms with Gasteiger partial charge >= 0.3 is 6.09 Å². The largest absolute Gasteiger partial charge is 0.444 e. The summed E-state index contributed by atoms with van der Waals surface area (Å²) >= 11 is 1.51. The van der Waals surface area contributed by atoms with Crippen molar-refractivity contribution in [1.82, 2.24) is 24.5 Å². The molecule has 3 rings (SSSR count). The van der Waals surface area contributed by atoms with Crippen molar-refractivity contribution >= 4 is 23.4 Å². The minimum absolute atomic E-state index is 0.235. The van der Waals surface area contributed by atoms with Gasteiger partial charge in [-0.1, -0.05) is 11.8 Å². The summed E-state index contributed by atoms with van der Waals surface area (Å²) in [6.07, 6.45) is 7.04. The van der Waals surface area contributed by atoms with E-state index >= 15 is 0 Å². The smallest absolute Gasteiger partial charge is 0.410 e. The fraction of sp³-hybridized carbons (Fsp3) is 0.625. The van der Waals surface area contributed by atoms with E-state index in [1.54, 1.807) is 17.3 Å². The van der Waals surface area contributed by atoms with Gasteiger partial charge in [-0.15, -0.1) is 5.10 Å². The molecule has 1 aliphatic heterocycles. The first kappa shape index (κ1) is 17.0. The number of rotatable bonds is 2. The van der Waals surface area contributed by atoms with Gasteiger partial charge < -0.3 is 9.64 Å². The molecule has 7 nitrogen and oxygen atoms in total. The molecule has 0 N–H and O–H groups in total. The Morgan fingerprint density at radius 1 is 1.25 bits per heavy atom. The number of likely N-dealkylation sites (tertiary alicyclic amines) is 1. The molecule has 130 valence electrons. The molecule has 24 heavy (non-hydrogen) atoms. The number of thioether (sulfide) groups is 1. The number of imidazole rings is 1. The molecular formula is C16H23N5O2S. The van der Waals surface area contributed by atoms with E-state index in [4.69, 9.17) is 4.74 Å². The molecule has 1 aliphatic rings. The van der Waals surface area contributed by atoms with Crippen LogP contribution in [0.4, 0.5) is 4.79 Å². The Kier molecular flexibility index (Phi) is 4.67. The van der Waals surface area contributed by atoms with Crippen LogP contribution in [-0.2, 0) is 4.74 Å². The zero-order valence-electron chi connectivity index (χ0n) is 14.5. The lowest BCUT2D eigenvalue weighted by atomic mass is 9.96. The van der Waals surface area contributed by atoms with Crippen LogP contribution >= 0.6 is 11.8 Å². The highest BCUT2D eigenvalue weighted by molar-refractivity contribution is 7.98. The van der Waals surface area contributed by atoms with Crippen molar-refractivity contribution in [3.05, 3.63) is 18.2 Å². The molecule has 0 aromatic carbocycles. The van der Waals surface area contributed by atoms with Crippen LogP contribution in [-0.4, -0.2) is 55.5 Å². The van der Waals surface area contributed by atoms with Crippen LogP contribution < -0.4 is 0 Å². The molecule has 0 bridgehead atoms. The molecule has 0 atom stereocenters. The number of amides is 1. The predicted octanol–water partition coefficient (Wildman–Crippen LogP) is 2.96. The molecular weight excluding hydrogens is 326 g/mol. The fourth-order valence-electron chi connectivity index (χ4n) is 2.82. The molecule has 3 heterocycles. The van der Waals surface area contributed by atoms with Crippen molar-refractivity contribution < 1.29 is 9.53 Å². The van der Waals surface area contributed by atoms with E-state index in [-0.39, 0.29) is 12.0 Å². The summed E-state index contributed by atoms with van der Waals surface area (Å²) in [6.45, 7) is 7.01. The summed E-state index contributed by atoms with van der Waals surface area (Å²) in [6, 6.07) is 0. The number of aromatic nitrogens is 4. The van der Waals surface area contributed by atoms with Gasteiger partial charge in [-0.05, 0) is 39.9 Å². The van der Waals surface area contributed by atoms with Crippen molar-refractivity contribution in [3.63, 3.8) is 0 Å². The normalized spacial score (nSPS) is 16.6. The summed E-state index contributed by atoms with van der Waals surface area (Å²) < 4.78 is 7.33. The maximum atomic E-state index is 12.2. The van der Waals surface area contributed by atoms with E-state index in [2.05, 4.69) is 15.1 Å². The van der Waals surface area contributed by atoms with Crippen LogP contribution in [0.1, 0.15) is 45.4 Å². The topological polar surface area (TPSA) is 72.6 Å². The lowest BCUT2D eigenvalue weighted by Gasteiger charge is -2.32. The van der Waals surface area contributed by atoms with Gasteiger partial charge in [-0.25, -0.2) is 19.3 Å². The highest BCUT2D eigenvalue weighted by atomic mass is 32.2. The van der Waals surface area contributed by atoms with Crippen molar-refractivity contribution in [2.75, 3.05) is 19.3 Å². The van der Waals surface area contributed by atoms with Crippen molar-refractivity contribution in [2.24, 2.45) is 0 Å². The fourth-order valence-corrected chi connectivity index (χ4v) is 3.14. The van der Waals surface area contributed by atoms with E-state index < -0.39 is 5.60 Å². The van der Waals surface area contributed by atoms with Crippen LogP contribution in [0.5, 0.6) is 0 Å². The second kappa shape index (κ2) is 6.58. The number of piperidine rings is 1. The Bertz CT molecular complexity index is 732. The Morgan fingerprint density at radius 3 is 2.54 bits per heavy atom. The average Bonchev–Trinajstić information content (AvgIpc) is 2.96. The molecule has 1 amide bonds. The van der Waals surface area contributed by atoms with Crippen LogP contribution in [0.25, 0.3) is 5.52 Å². The molecule has 2 aromatic rings. The van der Waals surface area contributed by atoms with Gasteiger partial charge in [0, 0.05) is 19.0 Å². The lowest BCUT2D eigenvalue weighted by molar-refractivity contribution is 0.0203. The second-order valence-electron chi connectivity index (χ2n) is 6.94. The summed E-state index contributed by atoms with van der Waals surface area (Å²) in [7, 11) is 0. The maximum Gasteiger partial charge on any atom is 0.410 e. The van der Waals surface area contributed by atoms with E-state index in [9.17, 15) is 4.79 Å². The molecule has 1 saturated heterocycles. The average molecular weight is 349 g/mol. The molecule has 0 unspecified atom stereocenters. The van der Waals surface area contributed by atoms with Gasteiger partial charge in [-0.2, -0.15) is 0 Å². The van der Waals surface area contributed by atoms with Crippen molar-refractivity contribution in [3.8, 4) is 0 Å². The Morgan fingerprint density at radius 2 is 1.92 bits per heavy atom. The Balaban J connectivity index is 1.70. The third kappa shape index (κ3) is 3.63. The van der Waals surface area contributed by atoms with E-state index in [0.717, 1.165) is 29.3 Å². The maximum absolute atomic E-state index is 12.2. The Labute approximate surface area is 145 Å². The van der Waals surface area contributed by atoms with E-state index in [1.165, 1.54) is 11.8 Å². The van der Waals surface area contributed by atoms with Gasteiger partial charge in [0.15, 0.2) is 0 Å². The number of fused-ring (bicyclic) bond motifs is 1. The zero-order chi connectivity index (χ0) is 17.3. The summed E-state index contributed by atoms with van der Waals surface area (Å²) in [5.74, 6) is 1.24. The number of hydrogen-bond acceptors (Lipinski definition) is 6. The third-order valence-electron chi connectivity index (χ3n) is 3.98. The first-order chi connectivity index (χ1) is 11.4. The highest BCUT2D eigenvalue weighted by Gasteiger charge is 2.29. The minimum atomic E-state index is -0.460. The van der Waals surface area contributed by atoms with Crippen LogP contribution in [0, 0.1) is 0 Å². The van der Waals surface area contributed by atoms with Crippen molar-refractivity contribution in [2.45, 2.75) is 50.3 Å². The third-order valence-corrected chi connectivity index (χ3v) is 4.53. The predicted molar refractivity (Wildman–Crippen MR) is 92.3 cm³/mol. The van der Waals surface area contributed by atoms with E-state index in [1.807, 2.05) is 31.5 Å². The first-order valence-corrected chi connectivity index (χ1v) is 9.32. The number of nitrogens with zero attached hydrogens (tertiary/aromatic N) is 5. The second-order valence-corrected chi connectivity index (χ2v) is 7.71. The zero-order valence-corrected chi connectivity index (χ0v) is 15.3. The Hall–Kier alpha value is -1.83. The highest BCUT2D eigenvalue weighted by Crippen LogP contribution is 2.28. The van der Waals surface area contributed by atoms with Gasteiger partial charge in [0.25, 0.3) is 0 Å². The van der Waals surface area contributed by atoms with E-state index in [0.29, 0.717) is 13.1 Å². The number of carbonyl (C=O) groups is 1. The molecule has 0 aliphatic carbocycles. The SMILES string of the molecule is CSc1ncc2cnc(C3CCN(C(=O)OC(C)(C)C)CC3)n2n1. The standard InChI is InChI=1S/C16H23N5O2S/c1-16(2,3)23-15(22)20-7-5-11(6-8-20)13-17-9-12-10-18-14(24-4)19-21(12)13/h9-11H,5-8H2,1-4H3.